The highest BCUT2D eigenvalue weighted by molar-refractivity contribution is 7.48. The van der Waals surface area contributed by atoms with Crippen molar-refractivity contribution in [1.82, 2.24) is 0 Å². The van der Waals surface area contributed by atoms with Crippen LogP contribution in [0.3, 0.4) is 0 Å². The minimum absolute atomic E-state index is 0.641. The fourth-order valence-corrected chi connectivity index (χ4v) is 0.904. The molecule has 4 nitrogen and oxygen atoms in total. The van der Waals surface area contributed by atoms with Gasteiger partial charge in [-0.05, 0) is 22.9 Å². The Morgan fingerprint density at radius 1 is 1.30 bits per heavy atom. The van der Waals surface area contributed by atoms with Crippen molar-refractivity contribution in [3.63, 3.8) is 0 Å². The van der Waals surface area contributed by atoms with Crippen LogP contribution in [0.5, 0.6) is 0 Å². The molecule has 0 aliphatic rings. The summed E-state index contributed by atoms with van der Waals surface area (Å²) < 4.78 is 42.0. The lowest BCUT2D eigenvalue weighted by atomic mass is 10.5. The fourth-order valence-electron chi connectivity index (χ4n) is 0.301. The monoisotopic (exact) mass is 176 g/mol. The molecule has 0 amide bonds. The lowest BCUT2D eigenvalue weighted by molar-refractivity contribution is -0.122. The third-order valence-electron chi connectivity index (χ3n) is 0.509. The Hall–Kier alpha value is -0.0300. The summed E-state index contributed by atoms with van der Waals surface area (Å²) in [4.78, 5) is 0. The van der Waals surface area contributed by atoms with Crippen molar-refractivity contribution in [2.75, 3.05) is 0 Å². The standard InChI is InChI=1S/C3H7F2O4P/c1-3(2)7-10(6,8-4)9-5/h3H,1-2H3. The van der Waals surface area contributed by atoms with Gasteiger partial charge in [0.25, 0.3) is 0 Å². The van der Waals surface area contributed by atoms with Gasteiger partial charge in [0, 0.05) is 0 Å². The molecule has 0 saturated heterocycles. The van der Waals surface area contributed by atoms with Gasteiger partial charge in [-0.15, -0.1) is 0 Å². The molecule has 10 heavy (non-hydrogen) atoms. The minimum Gasteiger partial charge on any atom is -0.281 e. The highest BCUT2D eigenvalue weighted by Crippen LogP contribution is 2.51. The number of phosphoric acid groups is 1. The van der Waals surface area contributed by atoms with E-state index in [1.165, 1.54) is 13.8 Å². The average molecular weight is 176 g/mol. The average Bonchev–Trinajstić information content (AvgIpc) is 1.87. The summed E-state index contributed by atoms with van der Waals surface area (Å²) in [5.41, 5.74) is 0. The molecule has 0 aliphatic heterocycles. The van der Waals surface area contributed by atoms with Gasteiger partial charge in [0.2, 0.25) is 0 Å². The molecule has 0 saturated carbocycles. The van der Waals surface area contributed by atoms with E-state index in [0.717, 1.165) is 0 Å². The smallest absolute Gasteiger partial charge is 0.281 e. The van der Waals surface area contributed by atoms with Crippen LogP contribution in [0.25, 0.3) is 0 Å². The second-order valence-electron chi connectivity index (χ2n) is 1.74. The number of hydrogen-bond donors (Lipinski definition) is 0. The van der Waals surface area contributed by atoms with Crippen LogP contribution in [0.1, 0.15) is 13.8 Å². The van der Waals surface area contributed by atoms with E-state index < -0.39 is 13.9 Å². The van der Waals surface area contributed by atoms with Crippen LogP contribution in [0.15, 0.2) is 0 Å². The Balaban J connectivity index is 3.94. The summed E-state index contributed by atoms with van der Waals surface area (Å²) in [5, 5.41) is 0. The molecule has 0 N–H and O–H groups in total. The lowest BCUT2D eigenvalue weighted by Gasteiger charge is -2.09. The van der Waals surface area contributed by atoms with Crippen LogP contribution < -0.4 is 0 Å². The topological polar surface area (TPSA) is 44.8 Å². The van der Waals surface area contributed by atoms with E-state index in [1.807, 2.05) is 0 Å². The Kier molecular flexibility index (Phi) is 3.96. The Labute approximate surface area is 56.5 Å². The second-order valence-corrected chi connectivity index (χ2v) is 3.12. The molecular formula is C3H7F2O4P. The Morgan fingerprint density at radius 3 is 1.80 bits per heavy atom. The Morgan fingerprint density at radius 2 is 1.70 bits per heavy atom. The predicted octanol–water partition coefficient (Wildman–Crippen LogP) is 2.32. The lowest BCUT2D eigenvalue weighted by Crippen LogP contribution is -2.00. The molecule has 0 bridgehead atoms. The first-order valence-electron chi connectivity index (χ1n) is 2.43. The van der Waals surface area contributed by atoms with E-state index in [4.69, 9.17) is 0 Å². The predicted molar refractivity (Wildman–Crippen MR) is 28.2 cm³/mol. The van der Waals surface area contributed by atoms with Gasteiger partial charge in [-0.25, -0.2) is 4.57 Å². The van der Waals surface area contributed by atoms with Crippen LogP contribution in [0, 0.1) is 0 Å². The summed E-state index contributed by atoms with van der Waals surface area (Å²) in [6.07, 6.45) is -0.641. The van der Waals surface area contributed by atoms with Crippen LogP contribution >= 0.6 is 7.82 Å². The molecule has 0 unspecified atom stereocenters. The summed E-state index contributed by atoms with van der Waals surface area (Å²) in [6.45, 7) is 2.84. The van der Waals surface area contributed by atoms with Crippen LogP contribution in [0.4, 0.5) is 9.05 Å². The molecule has 7 heteroatoms. The third kappa shape index (κ3) is 3.22. The first-order valence-corrected chi connectivity index (χ1v) is 3.89. The molecule has 0 aromatic heterocycles. The van der Waals surface area contributed by atoms with Gasteiger partial charge in [-0.1, -0.05) is 9.46 Å². The molecule has 0 aromatic rings. The zero-order chi connectivity index (χ0) is 8.20. The quantitative estimate of drug-likeness (QED) is 0.616. The van der Waals surface area contributed by atoms with Crippen molar-refractivity contribution in [1.29, 1.82) is 0 Å². The van der Waals surface area contributed by atoms with Crippen molar-refractivity contribution in [3.05, 3.63) is 0 Å². The van der Waals surface area contributed by atoms with Crippen molar-refractivity contribution >= 4 is 7.82 Å². The SMILES string of the molecule is CC(C)OP(=O)(OF)OF. The van der Waals surface area contributed by atoms with E-state index in [0.29, 0.717) is 0 Å². The number of rotatable bonds is 4. The molecule has 0 aromatic carbocycles. The van der Waals surface area contributed by atoms with Crippen molar-refractivity contribution in [2.45, 2.75) is 20.0 Å². The summed E-state index contributed by atoms with van der Waals surface area (Å²) in [6, 6.07) is 0. The minimum atomic E-state index is -4.57. The van der Waals surface area contributed by atoms with Gasteiger partial charge in [-0.3, -0.25) is 4.52 Å². The van der Waals surface area contributed by atoms with Crippen molar-refractivity contribution in [3.8, 4) is 0 Å². The molecule has 62 valence electrons. The van der Waals surface area contributed by atoms with Gasteiger partial charge in [0.1, 0.15) is 0 Å². The maximum atomic E-state index is 11.1. The van der Waals surface area contributed by atoms with Crippen molar-refractivity contribution < 1.29 is 27.6 Å². The second kappa shape index (κ2) is 3.98. The first kappa shape index (κ1) is 9.97. The number of halogens is 2. The summed E-state index contributed by atoms with van der Waals surface area (Å²) >= 11 is 0. The highest BCUT2D eigenvalue weighted by atomic mass is 31.2. The largest absolute Gasteiger partial charge is 0.537 e. The van der Waals surface area contributed by atoms with Gasteiger partial charge < -0.3 is 0 Å². The molecule has 0 aliphatic carbocycles. The van der Waals surface area contributed by atoms with Gasteiger partial charge in [0.15, 0.2) is 0 Å². The van der Waals surface area contributed by atoms with E-state index in [-0.39, 0.29) is 0 Å². The van der Waals surface area contributed by atoms with Crippen LogP contribution in [0.2, 0.25) is 0 Å². The maximum Gasteiger partial charge on any atom is 0.537 e. The molecule has 0 heterocycles. The zero-order valence-electron chi connectivity index (χ0n) is 5.41. The zero-order valence-corrected chi connectivity index (χ0v) is 6.31. The maximum absolute atomic E-state index is 11.1. The van der Waals surface area contributed by atoms with E-state index in [1.54, 1.807) is 0 Å². The van der Waals surface area contributed by atoms with Gasteiger partial charge in [-0.2, -0.15) is 0 Å². The van der Waals surface area contributed by atoms with E-state index >= 15 is 0 Å². The van der Waals surface area contributed by atoms with Crippen molar-refractivity contribution in [2.24, 2.45) is 0 Å². The molecular weight excluding hydrogens is 169 g/mol. The molecule has 0 rings (SSSR count). The normalized spacial score (nSPS) is 12.5. The van der Waals surface area contributed by atoms with Gasteiger partial charge in [0.05, 0.1) is 6.10 Å². The first-order chi connectivity index (χ1) is 4.54. The molecule has 0 fully saturated rings. The number of hydrogen-bond acceptors (Lipinski definition) is 4. The van der Waals surface area contributed by atoms with E-state index in [2.05, 4.69) is 14.0 Å². The van der Waals surface area contributed by atoms with E-state index in [9.17, 15) is 13.6 Å². The third-order valence-corrected chi connectivity index (χ3v) is 1.53. The van der Waals surface area contributed by atoms with Gasteiger partial charge >= 0.3 is 7.82 Å². The van der Waals surface area contributed by atoms with Crippen LogP contribution in [-0.4, -0.2) is 6.10 Å². The summed E-state index contributed by atoms with van der Waals surface area (Å²) in [5.74, 6) is 0. The summed E-state index contributed by atoms with van der Waals surface area (Å²) in [7, 11) is -4.57. The molecule has 0 spiro atoms. The fraction of sp³-hybridized carbons (Fsp3) is 1.00. The van der Waals surface area contributed by atoms with Crippen LogP contribution in [-0.2, 0) is 18.5 Å². The molecule has 0 radical (unpaired) electrons. The Bertz CT molecular complexity index is 130. The molecule has 0 atom stereocenters. The highest BCUT2D eigenvalue weighted by Gasteiger charge is 2.30.